The SMILES string of the molecule is c1ccn2cc(CNC3CCCCCCC3)nc2c1. The first-order chi connectivity index (χ1) is 9.42. The summed E-state index contributed by atoms with van der Waals surface area (Å²) in [4.78, 5) is 4.64. The molecule has 1 fully saturated rings. The largest absolute Gasteiger partial charge is 0.308 e. The average Bonchev–Trinajstić information content (AvgIpc) is 2.80. The zero-order valence-electron chi connectivity index (χ0n) is 11.5. The third-order valence-corrected chi connectivity index (χ3v) is 4.09. The van der Waals surface area contributed by atoms with Gasteiger partial charge in [-0.1, -0.05) is 38.2 Å². The van der Waals surface area contributed by atoms with Crippen LogP contribution in [0.15, 0.2) is 30.6 Å². The Hall–Kier alpha value is -1.35. The summed E-state index contributed by atoms with van der Waals surface area (Å²) in [5.74, 6) is 0. The number of fused-ring (bicyclic) bond motifs is 1. The normalized spacial score (nSPS) is 18.3. The minimum atomic E-state index is 0.685. The molecule has 0 bridgehead atoms. The van der Waals surface area contributed by atoms with Crippen LogP contribution in [0.3, 0.4) is 0 Å². The van der Waals surface area contributed by atoms with Gasteiger partial charge < -0.3 is 9.72 Å². The highest BCUT2D eigenvalue weighted by atomic mass is 15.0. The molecule has 1 aliphatic carbocycles. The van der Waals surface area contributed by atoms with Gasteiger partial charge in [0.2, 0.25) is 0 Å². The third kappa shape index (κ3) is 3.35. The van der Waals surface area contributed by atoms with E-state index in [0.717, 1.165) is 17.9 Å². The molecule has 0 atom stereocenters. The molecule has 3 rings (SSSR count). The molecule has 1 N–H and O–H groups in total. The van der Waals surface area contributed by atoms with Crippen LogP contribution in [0.4, 0.5) is 0 Å². The van der Waals surface area contributed by atoms with Gasteiger partial charge in [-0.2, -0.15) is 0 Å². The molecule has 19 heavy (non-hydrogen) atoms. The van der Waals surface area contributed by atoms with E-state index in [-0.39, 0.29) is 0 Å². The Bertz CT molecular complexity index is 476. The number of imidazole rings is 1. The molecule has 0 aromatic carbocycles. The van der Waals surface area contributed by atoms with Gasteiger partial charge in [0.15, 0.2) is 0 Å². The topological polar surface area (TPSA) is 29.3 Å². The molecule has 3 nitrogen and oxygen atoms in total. The van der Waals surface area contributed by atoms with Crippen molar-refractivity contribution in [3.8, 4) is 0 Å². The van der Waals surface area contributed by atoms with Gasteiger partial charge in [0.25, 0.3) is 0 Å². The Morgan fingerprint density at radius 3 is 2.68 bits per heavy atom. The van der Waals surface area contributed by atoms with Crippen LogP contribution in [-0.2, 0) is 6.54 Å². The molecule has 2 aromatic rings. The first kappa shape index (κ1) is 12.7. The van der Waals surface area contributed by atoms with E-state index in [4.69, 9.17) is 0 Å². The molecule has 102 valence electrons. The van der Waals surface area contributed by atoms with Crippen molar-refractivity contribution < 1.29 is 0 Å². The van der Waals surface area contributed by atoms with E-state index in [1.54, 1.807) is 0 Å². The predicted octanol–water partition coefficient (Wildman–Crippen LogP) is 3.54. The molecule has 1 aliphatic rings. The molecule has 3 heteroatoms. The molecular formula is C16H23N3. The van der Waals surface area contributed by atoms with Gasteiger partial charge in [0, 0.05) is 25.0 Å². The second-order valence-corrected chi connectivity index (χ2v) is 5.62. The van der Waals surface area contributed by atoms with E-state index < -0.39 is 0 Å². The quantitative estimate of drug-likeness (QED) is 0.911. The number of aromatic nitrogens is 2. The summed E-state index contributed by atoms with van der Waals surface area (Å²) in [5.41, 5.74) is 2.19. The Morgan fingerprint density at radius 2 is 1.89 bits per heavy atom. The zero-order chi connectivity index (χ0) is 12.9. The molecule has 1 saturated carbocycles. The van der Waals surface area contributed by atoms with Crippen molar-refractivity contribution in [1.29, 1.82) is 0 Å². The van der Waals surface area contributed by atoms with Crippen LogP contribution in [0.2, 0.25) is 0 Å². The summed E-state index contributed by atoms with van der Waals surface area (Å²) in [5, 5.41) is 3.69. The number of pyridine rings is 1. The number of hydrogen-bond acceptors (Lipinski definition) is 2. The number of hydrogen-bond donors (Lipinski definition) is 1. The van der Waals surface area contributed by atoms with Crippen molar-refractivity contribution in [2.75, 3.05) is 0 Å². The molecular weight excluding hydrogens is 234 g/mol. The summed E-state index contributed by atoms with van der Waals surface area (Å²) in [7, 11) is 0. The Labute approximate surface area is 115 Å². The maximum Gasteiger partial charge on any atom is 0.137 e. The highest BCUT2D eigenvalue weighted by Gasteiger charge is 2.11. The second-order valence-electron chi connectivity index (χ2n) is 5.62. The van der Waals surface area contributed by atoms with Gasteiger partial charge in [0.05, 0.1) is 5.69 Å². The highest BCUT2D eigenvalue weighted by molar-refractivity contribution is 5.39. The van der Waals surface area contributed by atoms with Crippen LogP contribution in [0.25, 0.3) is 5.65 Å². The zero-order valence-corrected chi connectivity index (χ0v) is 11.5. The fourth-order valence-corrected chi connectivity index (χ4v) is 2.98. The minimum Gasteiger partial charge on any atom is -0.308 e. The molecule has 0 unspecified atom stereocenters. The lowest BCUT2D eigenvalue weighted by Crippen LogP contribution is -2.29. The van der Waals surface area contributed by atoms with Crippen LogP contribution in [0, 0.1) is 0 Å². The van der Waals surface area contributed by atoms with E-state index in [1.165, 1.54) is 44.9 Å². The first-order valence-electron chi connectivity index (χ1n) is 7.58. The molecule has 0 amide bonds. The van der Waals surface area contributed by atoms with Crippen molar-refractivity contribution in [2.45, 2.75) is 57.5 Å². The highest BCUT2D eigenvalue weighted by Crippen LogP contribution is 2.17. The Morgan fingerprint density at radius 1 is 1.11 bits per heavy atom. The van der Waals surface area contributed by atoms with Gasteiger partial charge >= 0.3 is 0 Å². The molecule has 0 spiro atoms. The van der Waals surface area contributed by atoms with Gasteiger partial charge in [-0.05, 0) is 25.0 Å². The summed E-state index contributed by atoms with van der Waals surface area (Å²) >= 11 is 0. The van der Waals surface area contributed by atoms with Crippen molar-refractivity contribution in [3.05, 3.63) is 36.3 Å². The lowest BCUT2D eigenvalue weighted by Gasteiger charge is -2.20. The van der Waals surface area contributed by atoms with Crippen molar-refractivity contribution in [1.82, 2.24) is 14.7 Å². The fraction of sp³-hybridized carbons (Fsp3) is 0.562. The van der Waals surface area contributed by atoms with Crippen molar-refractivity contribution >= 4 is 5.65 Å². The smallest absolute Gasteiger partial charge is 0.137 e. The van der Waals surface area contributed by atoms with Crippen LogP contribution in [0.1, 0.15) is 50.6 Å². The molecule has 0 saturated heterocycles. The van der Waals surface area contributed by atoms with E-state index in [2.05, 4.69) is 33.2 Å². The van der Waals surface area contributed by atoms with Crippen LogP contribution in [0.5, 0.6) is 0 Å². The van der Waals surface area contributed by atoms with E-state index in [0.29, 0.717) is 6.04 Å². The third-order valence-electron chi connectivity index (χ3n) is 4.09. The van der Waals surface area contributed by atoms with Gasteiger partial charge in [-0.3, -0.25) is 0 Å². The lowest BCUT2D eigenvalue weighted by atomic mass is 9.97. The maximum absolute atomic E-state index is 4.64. The lowest BCUT2D eigenvalue weighted by molar-refractivity contribution is 0.388. The summed E-state index contributed by atoms with van der Waals surface area (Å²) in [6.45, 7) is 0.895. The first-order valence-corrected chi connectivity index (χ1v) is 7.58. The minimum absolute atomic E-state index is 0.685. The molecule has 2 heterocycles. The van der Waals surface area contributed by atoms with Gasteiger partial charge in [-0.15, -0.1) is 0 Å². The molecule has 0 aliphatic heterocycles. The summed E-state index contributed by atoms with van der Waals surface area (Å²) in [6.07, 6.45) is 13.8. The van der Waals surface area contributed by atoms with Crippen LogP contribution in [-0.4, -0.2) is 15.4 Å². The van der Waals surface area contributed by atoms with Crippen molar-refractivity contribution in [2.24, 2.45) is 0 Å². The molecule has 0 radical (unpaired) electrons. The van der Waals surface area contributed by atoms with E-state index in [9.17, 15) is 0 Å². The monoisotopic (exact) mass is 257 g/mol. The Kier molecular flexibility index (Phi) is 4.13. The van der Waals surface area contributed by atoms with Crippen LogP contribution >= 0.6 is 0 Å². The Balaban J connectivity index is 1.58. The standard InChI is InChI=1S/C16H23N3/c1-2-4-8-14(9-5-3-1)17-12-15-13-19-11-7-6-10-16(19)18-15/h6-7,10-11,13-14,17H,1-5,8-9,12H2. The average molecular weight is 257 g/mol. The molecule has 2 aromatic heterocycles. The summed E-state index contributed by atoms with van der Waals surface area (Å²) < 4.78 is 2.09. The number of nitrogens with zero attached hydrogens (tertiary/aromatic N) is 2. The van der Waals surface area contributed by atoms with E-state index in [1.807, 2.05) is 12.1 Å². The van der Waals surface area contributed by atoms with Gasteiger partial charge in [0.1, 0.15) is 5.65 Å². The summed E-state index contributed by atoms with van der Waals surface area (Å²) in [6, 6.07) is 6.82. The predicted molar refractivity (Wildman–Crippen MR) is 78.1 cm³/mol. The van der Waals surface area contributed by atoms with Gasteiger partial charge in [-0.25, -0.2) is 4.98 Å². The fourth-order valence-electron chi connectivity index (χ4n) is 2.98. The van der Waals surface area contributed by atoms with Crippen LogP contribution < -0.4 is 5.32 Å². The van der Waals surface area contributed by atoms with Crippen molar-refractivity contribution in [3.63, 3.8) is 0 Å². The second kappa shape index (κ2) is 6.20. The maximum atomic E-state index is 4.64. The number of nitrogens with one attached hydrogen (secondary N) is 1. The van der Waals surface area contributed by atoms with E-state index >= 15 is 0 Å². The number of rotatable bonds is 3.